The van der Waals surface area contributed by atoms with Crippen molar-refractivity contribution in [1.29, 1.82) is 0 Å². The maximum atomic E-state index is 11.1. The Morgan fingerprint density at radius 3 is 0.972 bits per heavy atom. The quantitative estimate of drug-likeness (QED) is 0.0248. The zero-order chi connectivity index (χ0) is 116. The van der Waals surface area contributed by atoms with Crippen molar-refractivity contribution >= 4 is 101 Å². The SMILES string of the molecule is C.CC.CC(=O)CC(C)(C)C.CC(=O)O.CC(=O)OC(C)(C)C.CC(C)=O.CCC(C)O.CCCC(C)=O.CCCCCCOC(C)=O.CCCOCCOC(C)=O.CCNC(C)=O.CCO.CCOC.CCOC(C)=O.CCOC(C)=O.CCOCCOCCOC(C)=O.CN1CCCC1=O.CO.COC(=O)C(C)(C)C.COC(=O)O.COC(=O)c1ccccc1C(=O)O.COC(C)=O.Cc1ccccc1. The first-order valence-corrected chi connectivity index (χ1v) is 46.5. The Morgan fingerprint density at radius 1 is 0.458 bits per heavy atom. The van der Waals surface area contributed by atoms with Gasteiger partial charge in [-0.15, -0.1) is 0 Å². The smallest absolute Gasteiger partial charge is 0.481 e. The lowest BCUT2D eigenvalue weighted by atomic mass is 9.91. The number of esters is 9. The minimum atomic E-state index is -1.25. The molecule has 2 aromatic carbocycles. The number of rotatable bonds is 27. The van der Waals surface area contributed by atoms with Crippen LogP contribution in [0.1, 0.15) is 347 Å². The van der Waals surface area contributed by atoms with Crippen molar-refractivity contribution in [3.05, 3.63) is 71.3 Å². The second-order valence-electron chi connectivity index (χ2n) is 30.4. The summed E-state index contributed by atoms with van der Waals surface area (Å²) in [6.45, 7) is 71.4. The molecule has 0 aromatic heterocycles. The molecular weight excluding hydrogens is 1860 g/mol. The lowest BCUT2D eigenvalue weighted by Crippen LogP contribution is -2.21. The first-order valence-electron chi connectivity index (χ1n) is 46.5. The molecule has 846 valence electrons. The number of hydrogen-bond acceptors (Lipinski definition) is 34. The Labute approximate surface area is 855 Å². The maximum absolute atomic E-state index is 11.1. The molecule has 0 radical (unpaired) electrons. The summed E-state index contributed by atoms with van der Waals surface area (Å²) in [7, 11) is 9.58. The van der Waals surface area contributed by atoms with E-state index < -0.39 is 24.1 Å². The molecule has 1 heterocycles. The van der Waals surface area contributed by atoms with E-state index in [9.17, 15) is 71.9 Å². The minimum absolute atomic E-state index is 0. The van der Waals surface area contributed by atoms with Crippen molar-refractivity contribution in [1.82, 2.24) is 10.2 Å². The molecule has 39 nitrogen and oxygen atoms in total. The molecule has 1 atom stereocenters. The molecule has 1 saturated heterocycles. The van der Waals surface area contributed by atoms with Gasteiger partial charge < -0.3 is 122 Å². The van der Waals surface area contributed by atoms with Gasteiger partial charge in [-0.05, 0) is 174 Å². The molecule has 142 heavy (non-hydrogen) atoms. The van der Waals surface area contributed by atoms with Crippen LogP contribution < -0.4 is 5.32 Å². The van der Waals surface area contributed by atoms with E-state index in [0.717, 1.165) is 92.4 Å². The van der Waals surface area contributed by atoms with Crippen LogP contribution in [0.25, 0.3) is 0 Å². The van der Waals surface area contributed by atoms with E-state index in [4.69, 9.17) is 63.9 Å². The fraction of sp³-hybridized carbons (Fsp3) is 0.718. The van der Waals surface area contributed by atoms with Crippen LogP contribution in [-0.2, 0) is 133 Å². The number of amides is 2. The number of aryl methyl sites for hydroxylation is 1. The number of aliphatic hydroxyl groups excluding tert-OH is 3. The van der Waals surface area contributed by atoms with Crippen LogP contribution in [0.3, 0.4) is 0 Å². The third kappa shape index (κ3) is 273. The molecule has 39 heteroatoms. The van der Waals surface area contributed by atoms with Crippen molar-refractivity contribution in [2.45, 2.75) is 339 Å². The Hall–Kier alpha value is -10.5. The van der Waals surface area contributed by atoms with Gasteiger partial charge in [0, 0.05) is 142 Å². The number of nitrogens with one attached hydrogen (secondary N) is 1. The Morgan fingerprint density at radius 2 is 0.810 bits per heavy atom. The number of unbranched alkanes of at least 4 members (excludes halogenated alkanes) is 3. The molecule has 0 saturated carbocycles. The highest BCUT2D eigenvalue weighted by Gasteiger charge is 2.21. The molecule has 1 aliphatic heterocycles. The highest BCUT2D eigenvalue weighted by atomic mass is 16.7. The van der Waals surface area contributed by atoms with Gasteiger partial charge in [0.15, 0.2) is 0 Å². The fourth-order valence-electron chi connectivity index (χ4n) is 6.61. The number of Topliss-reactive ketones (excluding diaryl/α,β-unsaturated/α-hetero) is 3. The number of carbonyl (C=O) groups is 17. The molecule has 1 unspecified atom stereocenters. The number of aromatic carboxylic acids is 1. The third-order valence-corrected chi connectivity index (χ3v) is 12.2. The lowest BCUT2D eigenvalue weighted by Gasteiger charge is -2.17. The molecule has 1 aliphatic rings. The van der Waals surface area contributed by atoms with Crippen LogP contribution in [0.4, 0.5) is 4.79 Å². The van der Waals surface area contributed by atoms with E-state index in [1.807, 2.05) is 122 Å². The average molecular weight is 2060 g/mol. The maximum Gasteiger partial charge on any atom is 0.505 e. The van der Waals surface area contributed by atoms with Crippen LogP contribution in [0, 0.1) is 17.8 Å². The van der Waals surface area contributed by atoms with Crippen LogP contribution in [0.15, 0.2) is 54.6 Å². The fourth-order valence-corrected chi connectivity index (χ4v) is 6.61. The molecule has 2 amide bonds. The molecule has 0 bridgehead atoms. The summed E-state index contributed by atoms with van der Waals surface area (Å²) >= 11 is 0. The van der Waals surface area contributed by atoms with E-state index in [-0.39, 0.29) is 119 Å². The summed E-state index contributed by atoms with van der Waals surface area (Å²) in [6.07, 6.45) is 9.35. The molecule has 1 fully saturated rings. The summed E-state index contributed by atoms with van der Waals surface area (Å²) < 4.78 is 64.0. The van der Waals surface area contributed by atoms with Gasteiger partial charge >= 0.3 is 65.8 Å². The standard InChI is InChI=1S/C9H8O4.C8H16O4.C8H16O2.C7H14O3.C7H14O.C7H8.2C6H12O2.C5H9NO.C5H10O.C4H9NO.2C4H8O2.C4H10O.C3H6O2.C3H8O.C3H6O.C2H4O3.C2H4O2.C2H6O.C2H6.CH4O.CH4/c1-13-9(12)7-5-3-2-4-6(7)8(10)11;1-3-10-4-5-11-6-7-12-8(2)9;1-3-4-5-6-7-10-8(2)9;1-3-4-9-5-6-10-7(2)8;1-6(8)5-7(2,3)4;1-7-5-3-2-4-6-7;1-6(2,3)5(7)8-4;1-5(7)8-6(2,3)4;1-6-4-2-3-5(6)7;1-3-4-5(2)6;1-3-5-4(2)6;2*1-3-6-4(2)5;1-3-4(2)5;1-3(4)5-2;1-3-4-2;1-3(2)4;1-5-2(3)4;1-2(3)4;1-2-3;2*1-2;/h2-5H,1H3,(H,10,11);3-7H2,1-2H3;3-7H2,1-2H3;3-6H2,1-2H3;5H2,1-4H3;2-6H,1H3;2*1-4H3;2-4H2,1H3;3-4H2,1-2H3;3H2,1-2H3,(H,5,6);2*3H2,1-2H3;4-5H,3H2,1-2H3;1-2H3;3H2,1-2H3;1-2H3;1H3,(H,3,4);1H3,(H,3,4);3H,2H2,1H3;1-2H3;2H,1H3;1H4. The zero-order valence-corrected chi connectivity index (χ0v) is 94.9. The van der Waals surface area contributed by atoms with E-state index in [1.165, 1.54) is 128 Å². The average Bonchev–Trinajstić information content (AvgIpc) is 1.82. The molecular formula is C103H202N2O37. The van der Waals surface area contributed by atoms with Gasteiger partial charge in [-0.25, -0.2) is 14.4 Å². The van der Waals surface area contributed by atoms with Gasteiger partial charge in [0.1, 0.15) is 36.2 Å². The zero-order valence-electron chi connectivity index (χ0n) is 94.9. The normalized spacial score (nSPS) is 9.48. The number of ether oxygens (including phenoxy) is 14. The number of carbonyl (C=O) groups excluding carboxylic acids is 14. The second kappa shape index (κ2) is 144. The van der Waals surface area contributed by atoms with Crippen molar-refractivity contribution in [3.63, 3.8) is 0 Å². The first-order chi connectivity index (χ1) is 65.2. The molecule has 3 rings (SSSR count). The predicted octanol–water partition coefficient (Wildman–Crippen LogP) is 18.2. The van der Waals surface area contributed by atoms with Gasteiger partial charge in [0.25, 0.3) is 5.97 Å². The number of methoxy groups -OCH3 is 5. The number of nitrogens with zero attached hydrogens (tertiary/aromatic N) is 1. The van der Waals surface area contributed by atoms with Crippen LogP contribution in [0.5, 0.6) is 0 Å². The number of ketones is 3. The number of hydrogen-bond donors (Lipinski definition) is 7. The second-order valence-corrected chi connectivity index (χ2v) is 30.4. The number of likely N-dealkylation sites (tertiary alicyclic amines) is 1. The van der Waals surface area contributed by atoms with E-state index >= 15 is 0 Å². The first kappa shape index (κ1) is 180. The van der Waals surface area contributed by atoms with Gasteiger partial charge in [0.2, 0.25) is 11.8 Å². The van der Waals surface area contributed by atoms with Crippen LogP contribution in [0.2, 0.25) is 0 Å². The molecule has 0 spiro atoms. The number of benzene rings is 2. The van der Waals surface area contributed by atoms with E-state index in [2.05, 4.69) is 94.7 Å². The topological polar surface area (TPSA) is 556 Å². The van der Waals surface area contributed by atoms with E-state index in [1.54, 1.807) is 65.7 Å². The Balaban J connectivity index is -0.0000000617. The monoisotopic (exact) mass is 2060 g/mol. The van der Waals surface area contributed by atoms with Gasteiger partial charge in [-0.2, -0.15) is 0 Å². The number of carboxylic acids is 2. The summed E-state index contributed by atoms with van der Waals surface area (Å²) in [4.78, 5) is 173. The summed E-state index contributed by atoms with van der Waals surface area (Å²) in [5, 5.41) is 49.1. The van der Waals surface area contributed by atoms with Crippen molar-refractivity contribution in [3.8, 4) is 0 Å². The number of carboxylic acid groups (broad SMARTS) is 3. The summed E-state index contributed by atoms with van der Waals surface area (Å²) in [5.74, 6) is -3.30. The number of aliphatic hydroxyl groups is 3. The van der Waals surface area contributed by atoms with Crippen molar-refractivity contribution < 1.29 is 178 Å². The minimum Gasteiger partial charge on any atom is -0.481 e. The van der Waals surface area contributed by atoms with Crippen LogP contribution >= 0.6 is 0 Å². The Bertz CT molecular complexity index is 3030. The predicted molar refractivity (Wildman–Crippen MR) is 558 cm³/mol. The highest BCUT2D eigenvalue weighted by molar-refractivity contribution is 6.02. The molecule has 2 aromatic rings. The lowest BCUT2D eigenvalue weighted by molar-refractivity contribution is -0.152. The van der Waals surface area contributed by atoms with E-state index in [0.29, 0.717) is 78.4 Å². The largest absolute Gasteiger partial charge is 0.505 e. The summed E-state index contributed by atoms with van der Waals surface area (Å²) in [5.41, 5.74) is 0.834. The van der Waals surface area contributed by atoms with Crippen molar-refractivity contribution in [2.24, 2.45) is 10.8 Å². The molecule has 0 aliphatic carbocycles. The third-order valence-electron chi connectivity index (χ3n) is 12.2. The number of aliphatic carboxylic acids is 1. The van der Waals surface area contributed by atoms with Gasteiger partial charge in [0.05, 0.1) is 97.3 Å². The Kier molecular flexibility index (Phi) is 182. The molecule has 7 N–H and O–H groups in total. The highest BCUT2D eigenvalue weighted by Crippen LogP contribution is 2.18. The van der Waals surface area contributed by atoms with Gasteiger partial charge in [-0.1, -0.05) is 137 Å². The van der Waals surface area contributed by atoms with Crippen LogP contribution in [-0.4, -0.2) is 297 Å². The summed E-state index contributed by atoms with van der Waals surface area (Å²) in [6, 6.07) is 16.2. The van der Waals surface area contributed by atoms with Gasteiger partial charge in [-0.3, -0.25) is 52.7 Å². The van der Waals surface area contributed by atoms with Crippen molar-refractivity contribution in [2.75, 3.05) is 149 Å².